The van der Waals surface area contributed by atoms with E-state index in [1.54, 1.807) is 12.1 Å². The third kappa shape index (κ3) is 5.08. The van der Waals surface area contributed by atoms with Gasteiger partial charge in [-0.25, -0.2) is 4.39 Å². The van der Waals surface area contributed by atoms with Gasteiger partial charge in [-0.05, 0) is 42.0 Å². The van der Waals surface area contributed by atoms with Crippen LogP contribution < -0.4 is 10.1 Å². The molecule has 0 saturated heterocycles. The summed E-state index contributed by atoms with van der Waals surface area (Å²) in [5.41, 5.74) is 2.51. The van der Waals surface area contributed by atoms with E-state index in [9.17, 15) is 9.18 Å². The van der Waals surface area contributed by atoms with Crippen molar-refractivity contribution < 1.29 is 18.4 Å². The molecule has 1 heterocycles. The molecule has 0 aliphatic heterocycles. The van der Waals surface area contributed by atoms with Gasteiger partial charge in [-0.3, -0.25) is 4.79 Å². The molecule has 0 atom stereocenters. The summed E-state index contributed by atoms with van der Waals surface area (Å²) in [5, 5.41) is 6.76. The quantitative estimate of drug-likeness (QED) is 0.492. The highest BCUT2D eigenvalue weighted by atomic mass is 19.1. The van der Waals surface area contributed by atoms with Crippen molar-refractivity contribution >= 4 is 11.6 Å². The lowest BCUT2D eigenvalue weighted by Gasteiger charge is -2.08. The van der Waals surface area contributed by atoms with Crippen LogP contribution in [0.4, 0.5) is 10.1 Å². The zero-order chi connectivity index (χ0) is 20.8. The number of carbonyl (C=O) groups is 1. The fraction of sp³-hybridized carbons (Fsp3) is 0.0870. The van der Waals surface area contributed by atoms with Gasteiger partial charge in [0, 0.05) is 11.3 Å². The molecule has 7 heteroatoms. The number of hydrogen-bond donors (Lipinski definition) is 1. The molecule has 1 amide bonds. The number of rotatable bonds is 7. The molecule has 0 radical (unpaired) electrons. The maximum Gasteiger partial charge on any atom is 0.262 e. The fourth-order valence-electron chi connectivity index (χ4n) is 2.79. The van der Waals surface area contributed by atoms with Gasteiger partial charge in [0.15, 0.2) is 6.61 Å². The Morgan fingerprint density at radius 1 is 0.967 bits per heavy atom. The van der Waals surface area contributed by atoms with Gasteiger partial charge in [0.05, 0.1) is 6.42 Å². The number of anilines is 1. The van der Waals surface area contributed by atoms with Crippen molar-refractivity contribution in [3.63, 3.8) is 0 Å². The number of ether oxygens (including phenoxy) is 1. The Bertz CT molecular complexity index is 1110. The van der Waals surface area contributed by atoms with Gasteiger partial charge in [-0.15, -0.1) is 0 Å². The SMILES string of the molecule is O=C(COc1ccc(F)cc1)Nc1ccc(Cc2nc(-c3ccccc3)no2)cc1. The Hall–Kier alpha value is -4.00. The first kappa shape index (κ1) is 19.3. The largest absolute Gasteiger partial charge is 0.484 e. The Kier molecular flexibility index (Phi) is 5.80. The maximum absolute atomic E-state index is 12.9. The number of nitrogens with zero attached hydrogens (tertiary/aromatic N) is 2. The van der Waals surface area contributed by atoms with Crippen molar-refractivity contribution in [2.75, 3.05) is 11.9 Å². The second-order valence-electron chi connectivity index (χ2n) is 6.54. The van der Waals surface area contributed by atoms with Crippen molar-refractivity contribution in [3.05, 3.63) is 96.1 Å². The van der Waals surface area contributed by atoms with Crippen LogP contribution in [0.5, 0.6) is 5.75 Å². The van der Waals surface area contributed by atoms with E-state index in [1.807, 2.05) is 42.5 Å². The zero-order valence-electron chi connectivity index (χ0n) is 15.9. The summed E-state index contributed by atoms with van der Waals surface area (Å²) in [6, 6.07) is 22.4. The average molecular weight is 403 g/mol. The van der Waals surface area contributed by atoms with Gasteiger partial charge in [0.1, 0.15) is 11.6 Å². The van der Waals surface area contributed by atoms with Crippen molar-refractivity contribution in [2.24, 2.45) is 0 Å². The van der Waals surface area contributed by atoms with Crippen molar-refractivity contribution in [1.29, 1.82) is 0 Å². The molecule has 1 aromatic heterocycles. The third-order valence-electron chi connectivity index (χ3n) is 4.28. The molecule has 0 bridgehead atoms. The van der Waals surface area contributed by atoms with E-state index < -0.39 is 0 Å². The summed E-state index contributed by atoms with van der Waals surface area (Å²) in [6.45, 7) is -0.169. The normalized spacial score (nSPS) is 10.6. The van der Waals surface area contributed by atoms with Crippen molar-refractivity contribution in [3.8, 4) is 17.1 Å². The molecular weight excluding hydrogens is 385 g/mol. The Morgan fingerprint density at radius 3 is 2.43 bits per heavy atom. The van der Waals surface area contributed by atoms with Gasteiger partial charge >= 0.3 is 0 Å². The first-order valence-corrected chi connectivity index (χ1v) is 9.31. The molecule has 4 aromatic rings. The van der Waals surface area contributed by atoms with Gasteiger partial charge in [-0.2, -0.15) is 4.98 Å². The van der Waals surface area contributed by atoms with Crippen LogP contribution in [-0.2, 0) is 11.2 Å². The Labute approximate surface area is 172 Å². The highest BCUT2D eigenvalue weighted by Crippen LogP contribution is 2.18. The average Bonchev–Trinajstić information content (AvgIpc) is 3.24. The minimum atomic E-state index is -0.358. The van der Waals surface area contributed by atoms with E-state index in [-0.39, 0.29) is 18.3 Å². The van der Waals surface area contributed by atoms with Crippen molar-refractivity contribution in [1.82, 2.24) is 10.1 Å². The van der Waals surface area contributed by atoms with Crippen LogP contribution in [-0.4, -0.2) is 22.7 Å². The second kappa shape index (κ2) is 9.00. The summed E-state index contributed by atoms with van der Waals surface area (Å²) in [5.74, 6) is 0.825. The smallest absolute Gasteiger partial charge is 0.262 e. The molecular formula is C23H18FN3O3. The summed E-state index contributed by atoms with van der Waals surface area (Å²) in [4.78, 5) is 16.4. The standard InChI is InChI=1S/C23H18FN3O3/c24-18-8-12-20(13-9-18)29-15-21(28)25-19-10-6-16(7-11-19)14-22-26-23(27-30-22)17-4-2-1-3-5-17/h1-13H,14-15H2,(H,25,28). The molecule has 6 nitrogen and oxygen atoms in total. The van der Waals surface area contributed by atoms with Crippen LogP contribution in [0.25, 0.3) is 11.4 Å². The molecule has 150 valence electrons. The lowest BCUT2D eigenvalue weighted by molar-refractivity contribution is -0.118. The highest BCUT2D eigenvalue weighted by molar-refractivity contribution is 5.91. The summed E-state index contributed by atoms with van der Waals surface area (Å²) in [6.07, 6.45) is 0.488. The molecule has 0 aliphatic rings. The Morgan fingerprint density at radius 2 is 1.70 bits per heavy atom. The summed E-state index contributed by atoms with van der Waals surface area (Å²) in [7, 11) is 0. The summed E-state index contributed by atoms with van der Waals surface area (Å²) < 4.78 is 23.5. The lowest BCUT2D eigenvalue weighted by atomic mass is 10.1. The van der Waals surface area contributed by atoms with Crippen LogP contribution in [0.15, 0.2) is 83.4 Å². The van der Waals surface area contributed by atoms with E-state index in [0.29, 0.717) is 29.6 Å². The third-order valence-corrected chi connectivity index (χ3v) is 4.28. The molecule has 30 heavy (non-hydrogen) atoms. The molecule has 0 unspecified atom stereocenters. The molecule has 0 aliphatic carbocycles. The molecule has 0 saturated carbocycles. The van der Waals surface area contributed by atoms with Gasteiger partial charge in [0.2, 0.25) is 11.7 Å². The molecule has 3 aromatic carbocycles. The van der Waals surface area contributed by atoms with Crippen LogP contribution in [0.2, 0.25) is 0 Å². The zero-order valence-corrected chi connectivity index (χ0v) is 15.9. The van der Waals surface area contributed by atoms with E-state index in [0.717, 1.165) is 11.1 Å². The van der Waals surface area contributed by atoms with Crippen molar-refractivity contribution in [2.45, 2.75) is 6.42 Å². The molecule has 1 N–H and O–H groups in total. The summed E-state index contributed by atoms with van der Waals surface area (Å²) >= 11 is 0. The lowest BCUT2D eigenvalue weighted by Crippen LogP contribution is -2.20. The van der Waals surface area contributed by atoms with E-state index in [1.165, 1.54) is 24.3 Å². The number of halogens is 1. The number of benzene rings is 3. The predicted octanol–water partition coefficient (Wildman–Crippen LogP) is 4.48. The number of hydrogen-bond acceptors (Lipinski definition) is 5. The first-order valence-electron chi connectivity index (χ1n) is 9.31. The number of aromatic nitrogens is 2. The molecule has 0 fully saturated rings. The number of nitrogens with one attached hydrogen (secondary N) is 1. The highest BCUT2D eigenvalue weighted by Gasteiger charge is 2.09. The fourth-order valence-corrected chi connectivity index (χ4v) is 2.79. The maximum atomic E-state index is 12.9. The minimum Gasteiger partial charge on any atom is -0.484 e. The van der Waals surface area contributed by atoms with Crippen LogP contribution >= 0.6 is 0 Å². The van der Waals surface area contributed by atoms with Gasteiger partial charge in [0.25, 0.3) is 5.91 Å². The van der Waals surface area contributed by atoms with E-state index in [4.69, 9.17) is 9.26 Å². The van der Waals surface area contributed by atoms with Gasteiger partial charge in [-0.1, -0.05) is 47.6 Å². The van der Waals surface area contributed by atoms with Gasteiger partial charge < -0.3 is 14.6 Å². The first-order chi connectivity index (χ1) is 14.7. The van der Waals surface area contributed by atoms with E-state index >= 15 is 0 Å². The number of amides is 1. The van der Waals surface area contributed by atoms with E-state index in [2.05, 4.69) is 15.5 Å². The Balaban J connectivity index is 1.30. The van der Waals surface area contributed by atoms with Crippen LogP contribution in [0.1, 0.15) is 11.5 Å². The molecule has 0 spiro atoms. The second-order valence-corrected chi connectivity index (χ2v) is 6.54. The van der Waals surface area contributed by atoms with Crippen LogP contribution in [0.3, 0.4) is 0 Å². The minimum absolute atomic E-state index is 0.169. The molecule has 4 rings (SSSR count). The number of carbonyl (C=O) groups excluding carboxylic acids is 1. The monoisotopic (exact) mass is 403 g/mol. The predicted molar refractivity (Wildman–Crippen MR) is 110 cm³/mol. The van der Waals surface area contributed by atoms with Crippen LogP contribution in [0, 0.1) is 5.82 Å². The topological polar surface area (TPSA) is 77.2 Å².